The first-order valence-corrected chi connectivity index (χ1v) is 5.78. The molecule has 0 amide bonds. The molecule has 0 aliphatic carbocycles. The van der Waals surface area contributed by atoms with Gasteiger partial charge in [-0.15, -0.1) is 5.10 Å². The van der Waals surface area contributed by atoms with Crippen molar-refractivity contribution in [3.8, 4) is 17.4 Å². The average Bonchev–Trinajstić information content (AvgIpc) is 2.42. The number of aromatic nitrogens is 2. The predicted octanol–water partition coefficient (Wildman–Crippen LogP) is 1.95. The van der Waals surface area contributed by atoms with Gasteiger partial charge in [-0.25, -0.2) is 0 Å². The summed E-state index contributed by atoms with van der Waals surface area (Å²) < 4.78 is 11.1. The van der Waals surface area contributed by atoms with Gasteiger partial charge in [0.25, 0.3) is 0 Å². The molecule has 1 aromatic carbocycles. The summed E-state index contributed by atoms with van der Waals surface area (Å²) in [5.41, 5.74) is 5.86. The minimum atomic E-state index is -0.126. The highest BCUT2D eigenvalue weighted by Crippen LogP contribution is 2.31. The standard InChI is InChI=1S/C13H14N4O2/c1-2-18-10-5-3-4-6-11(10)19-13-9(12(14)15)7-8-16-17-13/h3-8H,2H2,1H3,(H3,14,15). The molecule has 0 spiro atoms. The van der Waals surface area contributed by atoms with Crippen LogP contribution >= 0.6 is 0 Å². The maximum atomic E-state index is 7.48. The van der Waals surface area contributed by atoms with Crippen molar-refractivity contribution in [2.24, 2.45) is 5.73 Å². The van der Waals surface area contributed by atoms with E-state index >= 15 is 0 Å². The molecule has 98 valence electrons. The highest BCUT2D eigenvalue weighted by atomic mass is 16.5. The highest BCUT2D eigenvalue weighted by molar-refractivity contribution is 5.96. The molecule has 0 radical (unpaired) electrons. The molecule has 6 nitrogen and oxygen atoms in total. The van der Waals surface area contributed by atoms with Gasteiger partial charge >= 0.3 is 0 Å². The van der Waals surface area contributed by atoms with Crippen molar-refractivity contribution >= 4 is 5.84 Å². The molecule has 0 unspecified atom stereocenters. The highest BCUT2D eigenvalue weighted by Gasteiger charge is 2.12. The fraction of sp³-hybridized carbons (Fsp3) is 0.154. The minimum absolute atomic E-state index is 0.126. The lowest BCUT2D eigenvalue weighted by atomic mass is 10.2. The Morgan fingerprint density at radius 2 is 2.00 bits per heavy atom. The smallest absolute Gasteiger partial charge is 0.250 e. The van der Waals surface area contributed by atoms with Gasteiger partial charge in [-0.05, 0) is 25.1 Å². The van der Waals surface area contributed by atoms with E-state index in [4.69, 9.17) is 20.6 Å². The van der Waals surface area contributed by atoms with Crippen LogP contribution in [0.5, 0.6) is 17.4 Å². The Bertz CT molecular complexity index is 586. The van der Waals surface area contributed by atoms with Gasteiger partial charge < -0.3 is 15.2 Å². The van der Waals surface area contributed by atoms with Gasteiger partial charge in [-0.3, -0.25) is 5.41 Å². The van der Waals surface area contributed by atoms with Gasteiger partial charge in [-0.1, -0.05) is 12.1 Å². The Labute approximate surface area is 110 Å². The summed E-state index contributed by atoms with van der Waals surface area (Å²) in [5.74, 6) is 1.17. The summed E-state index contributed by atoms with van der Waals surface area (Å²) in [6, 6.07) is 8.79. The number of rotatable bonds is 5. The second kappa shape index (κ2) is 5.81. The summed E-state index contributed by atoms with van der Waals surface area (Å²) in [4.78, 5) is 0. The van der Waals surface area contributed by atoms with E-state index in [9.17, 15) is 0 Å². The zero-order chi connectivity index (χ0) is 13.7. The number of amidine groups is 1. The molecule has 0 saturated carbocycles. The van der Waals surface area contributed by atoms with E-state index in [0.717, 1.165) is 0 Å². The molecule has 0 aliphatic rings. The van der Waals surface area contributed by atoms with Crippen LogP contribution in [0.2, 0.25) is 0 Å². The number of nitrogens with one attached hydrogen (secondary N) is 1. The van der Waals surface area contributed by atoms with Gasteiger partial charge in [-0.2, -0.15) is 5.10 Å². The Morgan fingerprint density at radius 1 is 1.26 bits per heavy atom. The molecule has 2 aromatic rings. The van der Waals surface area contributed by atoms with Gasteiger partial charge in [0.15, 0.2) is 11.5 Å². The Hall–Kier alpha value is -2.63. The van der Waals surface area contributed by atoms with E-state index in [1.54, 1.807) is 18.2 Å². The summed E-state index contributed by atoms with van der Waals surface area (Å²) in [6.07, 6.45) is 1.46. The molecule has 0 fully saturated rings. The topological polar surface area (TPSA) is 94.1 Å². The molecule has 3 N–H and O–H groups in total. The summed E-state index contributed by atoms with van der Waals surface area (Å²) in [6.45, 7) is 2.42. The first-order valence-electron chi connectivity index (χ1n) is 5.78. The van der Waals surface area contributed by atoms with Crippen molar-refractivity contribution in [2.75, 3.05) is 6.61 Å². The van der Waals surface area contributed by atoms with E-state index in [-0.39, 0.29) is 11.7 Å². The maximum absolute atomic E-state index is 7.48. The third-order valence-electron chi connectivity index (χ3n) is 2.33. The molecule has 6 heteroatoms. The van der Waals surface area contributed by atoms with Crippen molar-refractivity contribution in [1.82, 2.24) is 10.2 Å². The van der Waals surface area contributed by atoms with Gasteiger partial charge in [0.05, 0.1) is 18.4 Å². The zero-order valence-electron chi connectivity index (χ0n) is 10.5. The van der Waals surface area contributed by atoms with Crippen LogP contribution in [0, 0.1) is 5.41 Å². The van der Waals surface area contributed by atoms with Crippen LogP contribution in [-0.2, 0) is 0 Å². The monoisotopic (exact) mass is 258 g/mol. The van der Waals surface area contributed by atoms with Crippen LogP contribution in [0.1, 0.15) is 12.5 Å². The molecule has 0 atom stereocenters. The van der Waals surface area contributed by atoms with Crippen LogP contribution < -0.4 is 15.2 Å². The molecular weight excluding hydrogens is 244 g/mol. The van der Waals surface area contributed by atoms with Crippen LogP contribution in [0.15, 0.2) is 36.5 Å². The number of hydrogen-bond acceptors (Lipinski definition) is 5. The van der Waals surface area contributed by atoms with E-state index in [2.05, 4.69) is 10.2 Å². The number of benzene rings is 1. The lowest BCUT2D eigenvalue weighted by Crippen LogP contribution is -2.13. The molecule has 0 aliphatic heterocycles. The third kappa shape index (κ3) is 2.98. The number of ether oxygens (including phenoxy) is 2. The summed E-state index contributed by atoms with van der Waals surface area (Å²) in [7, 11) is 0. The van der Waals surface area contributed by atoms with Gasteiger partial charge in [0.1, 0.15) is 5.84 Å². The Balaban J connectivity index is 2.34. The van der Waals surface area contributed by atoms with Crippen LogP contribution in [0.4, 0.5) is 0 Å². The maximum Gasteiger partial charge on any atom is 0.250 e. The zero-order valence-corrected chi connectivity index (χ0v) is 10.5. The minimum Gasteiger partial charge on any atom is -0.490 e. The molecule has 1 heterocycles. The van der Waals surface area contributed by atoms with E-state index < -0.39 is 0 Å². The Kier molecular flexibility index (Phi) is 3.92. The number of nitrogen functional groups attached to an aromatic ring is 1. The first-order chi connectivity index (χ1) is 9.22. The third-order valence-corrected chi connectivity index (χ3v) is 2.33. The molecule has 1 aromatic heterocycles. The quantitative estimate of drug-likeness (QED) is 0.631. The van der Waals surface area contributed by atoms with Gasteiger partial charge in [0.2, 0.25) is 5.88 Å². The van der Waals surface area contributed by atoms with Crippen LogP contribution in [-0.4, -0.2) is 22.6 Å². The SMILES string of the molecule is CCOc1ccccc1Oc1nnccc1C(=N)N. The Morgan fingerprint density at radius 3 is 2.68 bits per heavy atom. The molecule has 19 heavy (non-hydrogen) atoms. The fourth-order valence-electron chi connectivity index (χ4n) is 1.51. The summed E-state index contributed by atoms with van der Waals surface area (Å²) >= 11 is 0. The van der Waals surface area contributed by atoms with Crippen LogP contribution in [0.3, 0.4) is 0 Å². The van der Waals surface area contributed by atoms with Crippen molar-refractivity contribution in [3.05, 3.63) is 42.1 Å². The van der Waals surface area contributed by atoms with Crippen molar-refractivity contribution in [3.63, 3.8) is 0 Å². The van der Waals surface area contributed by atoms with Gasteiger partial charge in [0, 0.05) is 0 Å². The van der Waals surface area contributed by atoms with Crippen molar-refractivity contribution < 1.29 is 9.47 Å². The van der Waals surface area contributed by atoms with Crippen LogP contribution in [0.25, 0.3) is 0 Å². The van der Waals surface area contributed by atoms with Crippen molar-refractivity contribution in [2.45, 2.75) is 6.92 Å². The lowest BCUT2D eigenvalue weighted by molar-refractivity contribution is 0.319. The van der Waals surface area contributed by atoms with E-state index in [1.807, 2.05) is 19.1 Å². The second-order valence-electron chi connectivity index (χ2n) is 3.65. The van der Waals surface area contributed by atoms with E-state index in [1.165, 1.54) is 6.20 Å². The number of hydrogen-bond donors (Lipinski definition) is 2. The number of nitrogens with two attached hydrogens (primary N) is 1. The normalized spacial score (nSPS) is 9.95. The largest absolute Gasteiger partial charge is 0.490 e. The second-order valence-corrected chi connectivity index (χ2v) is 3.65. The number of para-hydroxylation sites is 2. The number of nitrogens with zero attached hydrogens (tertiary/aromatic N) is 2. The lowest BCUT2D eigenvalue weighted by Gasteiger charge is -2.11. The van der Waals surface area contributed by atoms with Crippen molar-refractivity contribution in [1.29, 1.82) is 5.41 Å². The average molecular weight is 258 g/mol. The molecule has 0 bridgehead atoms. The summed E-state index contributed by atoms with van der Waals surface area (Å²) in [5, 5.41) is 15.1. The van der Waals surface area contributed by atoms with E-state index in [0.29, 0.717) is 23.7 Å². The molecule has 2 rings (SSSR count). The molecule has 0 saturated heterocycles. The predicted molar refractivity (Wildman–Crippen MR) is 70.7 cm³/mol. The fourth-order valence-corrected chi connectivity index (χ4v) is 1.51. The molecular formula is C13H14N4O2. The first kappa shape index (κ1) is 12.8.